The molecule has 0 unspecified atom stereocenters. The third-order valence-electron chi connectivity index (χ3n) is 5.18. The van der Waals surface area contributed by atoms with Gasteiger partial charge in [0.05, 0.1) is 0 Å². The fourth-order valence-corrected chi connectivity index (χ4v) is 3.35. The number of nitrogens with one attached hydrogen (secondary N) is 1. The van der Waals surface area contributed by atoms with E-state index in [2.05, 4.69) is 24.8 Å². The summed E-state index contributed by atoms with van der Waals surface area (Å²) in [5.41, 5.74) is 2.19. The number of piperidine rings is 1. The lowest BCUT2D eigenvalue weighted by atomic mass is 9.90. The molecular weight excluding hydrogens is 260 g/mol. The zero-order chi connectivity index (χ0) is 15.1. The fourth-order valence-electron chi connectivity index (χ4n) is 3.35. The van der Waals surface area contributed by atoms with E-state index in [1.807, 2.05) is 0 Å². The van der Waals surface area contributed by atoms with Gasteiger partial charge in [0.2, 0.25) is 0 Å². The molecule has 0 aromatic heterocycles. The van der Waals surface area contributed by atoms with Gasteiger partial charge in [-0.2, -0.15) is 0 Å². The van der Waals surface area contributed by atoms with Crippen molar-refractivity contribution in [2.45, 2.75) is 52.4 Å². The minimum Gasteiger partial charge on any atom is -0.381 e. The van der Waals surface area contributed by atoms with Crippen LogP contribution in [0.4, 0.5) is 0 Å². The molecule has 3 nitrogen and oxygen atoms in total. The molecule has 2 rings (SSSR count). The van der Waals surface area contributed by atoms with Crippen LogP contribution >= 0.6 is 0 Å². The lowest BCUT2D eigenvalue weighted by molar-refractivity contribution is 0.0588. The molecule has 0 aromatic rings. The summed E-state index contributed by atoms with van der Waals surface area (Å²) in [6.07, 6.45) is 9.33. The van der Waals surface area contributed by atoms with Gasteiger partial charge in [-0.3, -0.25) is 0 Å². The van der Waals surface area contributed by atoms with E-state index in [-0.39, 0.29) is 0 Å². The molecule has 0 aliphatic carbocycles. The van der Waals surface area contributed by atoms with Crippen LogP contribution in [0.2, 0.25) is 0 Å². The van der Waals surface area contributed by atoms with E-state index < -0.39 is 0 Å². The number of nitrogens with zero attached hydrogens (tertiary/aromatic N) is 1. The Morgan fingerprint density at radius 2 is 1.86 bits per heavy atom. The molecule has 1 N–H and O–H groups in total. The summed E-state index contributed by atoms with van der Waals surface area (Å²) >= 11 is 0. The van der Waals surface area contributed by atoms with Crippen LogP contribution in [0.3, 0.4) is 0 Å². The molecule has 0 atom stereocenters. The molecule has 21 heavy (non-hydrogen) atoms. The van der Waals surface area contributed by atoms with Crippen molar-refractivity contribution in [1.82, 2.24) is 4.90 Å². The van der Waals surface area contributed by atoms with Crippen LogP contribution in [0.15, 0.2) is 11.6 Å². The summed E-state index contributed by atoms with van der Waals surface area (Å²) in [6, 6.07) is 0. The molecule has 2 aliphatic heterocycles. The summed E-state index contributed by atoms with van der Waals surface area (Å²) in [7, 11) is 0. The van der Waals surface area contributed by atoms with Gasteiger partial charge in [-0.05, 0) is 77.1 Å². The highest BCUT2D eigenvalue weighted by Gasteiger charge is 2.22. The standard InChI is InChI=1S/C18H32N2O/c1-3-15(2)14-18(19)17-5-10-20(11-6-17)9-4-16-7-12-21-13-8-16/h14,16-17,19H,3-13H2,1-2H3/b15-14-,19-18?. The van der Waals surface area contributed by atoms with Crippen molar-refractivity contribution in [3.05, 3.63) is 11.6 Å². The Morgan fingerprint density at radius 3 is 2.48 bits per heavy atom. The average Bonchev–Trinajstić information content (AvgIpc) is 2.54. The van der Waals surface area contributed by atoms with Gasteiger partial charge in [0.15, 0.2) is 0 Å². The Balaban J connectivity index is 1.67. The van der Waals surface area contributed by atoms with Crippen molar-refractivity contribution in [1.29, 1.82) is 5.41 Å². The largest absolute Gasteiger partial charge is 0.381 e. The molecule has 0 radical (unpaired) electrons. The van der Waals surface area contributed by atoms with Crippen molar-refractivity contribution in [2.24, 2.45) is 11.8 Å². The van der Waals surface area contributed by atoms with Crippen molar-refractivity contribution in [3.63, 3.8) is 0 Å². The Hall–Kier alpha value is -0.670. The molecule has 2 aliphatic rings. The number of hydrogen-bond donors (Lipinski definition) is 1. The van der Waals surface area contributed by atoms with Gasteiger partial charge in [-0.25, -0.2) is 0 Å². The number of rotatable bonds is 6. The zero-order valence-corrected chi connectivity index (χ0v) is 13.9. The summed E-state index contributed by atoms with van der Waals surface area (Å²) in [6.45, 7) is 9.83. The van der Waals surface area contributed by atoms with Gasteiger partial charge >= 0.3 is 0 Å². The van der Waals surface area contributed by atoms with Crippen LogP contribution in [0.1, 0.15) is 52.4 Å². The monoisotopic (exact) mass is 292 g/mol. The second-order valence-corrected chi connectivity index (χ2v) is 6.76. The first-order chi connectivity index (χ1) is 10.2. The summed E-state index contributed by atoms with van der Waals surface area (Å²) in [5.74, 6) is 1.37. The van der Waals surface area contributed by atoms with Crippen LogP contribution in [0, 0.1) is 17.2 Å². The lowest BCUT2D eigenvalue weighted by Crippen LogP contribution is -2.37. The molecule has 120 valence electrons. The first-order valence-corrected chi connectivity index (χ1v) is 8.74. The van der Waals surface area contributed by atoms with E-state index >= 15 is 0 Å². The van der Waals surface area contributed by atoms with Gasteiger partial charge in [0.25, 0.3) is 0 Å². The predicted octanol–water partition coefficient (Wildman–Crippen LogP) is 3.89. The van der Waals surface area contributed by atoms with E-state index in [4.69, 9.17) is 10.1 Å². The molecule has 0 spiro atoms. The quantitative estimate of drug-likeness (QED) is 0.754. The minimum atomic E-state index is 0.492. The highest BCUT2D eigenvalue weighted by molar-refractivity contribution is 5.94. The maximum absolute atomic E-state index is 8.24. The second-order valence-electron chi connectivity index (χ2n) is 6.76. The van der Waals surface area contributed by atoms with Gasteiger partial charge in [0.1, 0.15) is 0 Å². The molecule has 3 heteroatoms. The number of ether oxygens (including phenoxy) is 1. The fraction of sp³-hybridized carbons (Fsp3) is 0.833. The summed E-state index contributed by atoms with van der Waals surface area (Å²) in [5, 5.41) is 8.24. The topological polar surface area (TPSA) is 36.3 Å². The minimum absolute atomic E-state index is 0.492. The highest BCUT2D eigenvalue weighted by Crippen LogP contribution is 2.23. The van der Waals surface area contributed by atoms with Crippen LogP contribution in [-0.2, 0) is 4.74 Å². The van der Waals surface area contributed by atoms with E-state index in [1.54, 1.807) is 0 Å². The smallest absolute Gasteiger partial charge is 0.0468 e. The Kier molecular flexibility index (Phi) is 6.91. The molecule has 2 fully saturated rings. The predicted molar refractivity (Wildman–Crippen MR) is 89.1 cm³/mol. The average molecular weight is 292 g/mol. The van der Waals surface area contributed by atoms with Crippen LogP contribution in [0.5, 0.6) is 0 Å². The summed E-state index contributed by atoms with van der Waals surface area (Å²) in [4.78, 5) is 2.61. The third kappa shape index (κ3) is 5.55. The first-order valence-electron chi connectivity index (χ1n) is 8.74. The van der Waals surface area contributed by atoms with Crippen LogP contribution < -0.4 is 0 Å². The van der Waals surface area contributed by atoms with E-state index in [0.29, 0.717) is 5.92 Å². The normalized spacial score (nSPS) is 23.4. The van der Waals surface area contributed by atoms with Crippen molar-refractivity contribution in [2.75, 3.05) is 32.8 Å². The SMILES string of the molecule is CC/C(C)=C\C(=N)C1CCN(CCC2CCOCC2)CC1. The van der Waals surface area contributed by atoms with Crippen molar-refractivity contribution in [3.8, 4) is 0 Å². The van der Waals surface area contributed by atoms with Crippen molar-refractivity contribution < 1.29 is 4.74 Å². The molecule has 2 heterocycles. The lowest BCUT2D eigenvalue weighted by Gasteiger charge is -2.33. The molecule has 0 amide bonds. The molecule has 2 saturated heterocycles. The van der Waals surface area contributed by atoms with Crippen LogP contribution in [-0.4, -0.2) is 43.5 Å². The Morgan fingerprint density at radius 1 is 1.19 bits per heavy atom. The Labute approximate surface area is 130 Å². The van der Waals surface area contributed by atoms with Crippen LogP contribution in [0.25, 0.3) is 0 Å². The Bertz CT molecular complexity index is 350. The second kappa shape index (κ2) is 8.70. The maximum Gasteiger partial charge on any atom is 0.0468 e. The van der Waals surface area contributed by atoms with Gasteiger partial charge in [-0.15, -0.1) is 0 Å². The third-order valence-corrected chi connectivity index (χ3v) is 5.18. The maximum atomic E-state index is 8.24. The molecule has 0 bridgehead atoms. The molecular formula is C18H32N2O. The highest BCUT2D eigenvalue weighted by atomic mass is 16.5. The summed E-state index contributed by atoms with van der Waals surface area (Å²) < 4.78 is 5.43. The number of allylic oxidation sites excluding steroid dienone is 2. The van der Waals surface area contributed by atoms with Gasteiger partial charge in [-0.1, -0.05) is 12.5 Å². The van der Waals surface area contributed by atoms with E-state index in [9.17, 15) is 0 Å². The van der Waals surface area contributed by atoms with Gasteiger partial charge in [0, 0.05) is 24.8 Å². The van der Waals surface area contributed by atoms with E-state index in [0.717, 1.165) is 31.3 Å². The molecule has 0 saturated carbocycles. The zero-order valence-electron chi connectivity index (χ0n) is 13.9. The first kappa shape index (κ1) is 16.7. The molecule has 0 aromatic carbocycles. The number of likely N-dealkylation sites (tertiary alicyclic amines) is 1. The van der Waals surface area contributed by atoms with E-state index in [1.165, 1.54) is 57.3 Å². The number of hydrogen-bond acceptors (Lipinski definition) is 3. The van der Waals surface area contributed by atoms with Gasteiger partial charge < -0.3 is 15.0 Å². The van der Waals surface area contributed by atoms with Crippen molar-refractivity contribution >= 4 is 5.71 Å².